The van der Waals surface area contributed by atoms with E-state index in [0.29, 0.717) is 5.95 Å². The Hall–Kier alpha value is -2.15. The Bertz CT molecular complexity index is 691. The van der Waals surface area contributed by atoms with E-state index in [4.69, 9.17) is 0 Å². The summed E-state index contributed by atoms with van der Waals surface area (Å²) in [5.74, 6) is 1.59. The van der Waals surface area contributed by atoms with E-state index in [9.17, 15) is 0 Å². The molecule has 0 spiro atoms. The average Bonchev–Trinajstić information content (AvgIpc) is 3.14. The summed E-state index contributed by atoms with van der Waals surface area (Å²) in [5.41, 5.74) is 0. The summed E-state index contributed by atoms with van der Waals surface area (Å²) in [6.07, 6.45) is 6.63. The van der Waals surface area contributed by atoms with Crippen molar-refractivity contribution in [2.45, 2.75) is 19.9 Å². The fourth-order valence-corrected chi connectivity index (χ4v) is 2.88. The van der Waals surface area contributed by atoms with Crippen molar-refractivity contribution in [3.63, 3.8) is 0 Å². The molecule has 21 heavy (non-hydrogen) atoms. The predicted molar refractivity (Wildman–Crippen MR) is 86.9 cm³/mol. The standard InChI is InChI=1S/C14H18N6S/c1-2-16-14-18-12(11-4-9-21-13(11)19-14)17-5-3-7-20-8-6-15-10-20/h4,6,8-10H,2-3,5,7H2,1H3,(H2,16,17,18,19). The smallest absolute Gasteiger partial charge is 0.226 e. The molecule has 0 fully saturated rings. The minimum Gasteiger partial charge on any atom is -0.369 e. The molecule has 0 unspecified atom stereocenters. The van der Waals surface area contributed by atoms with Gasteiger partial charge in [0.25, 0.3) is 0 Å². The number of hydrogen-bond acceptors (Lipinski definition) is 6. The lowest BCUT2D eigenvalue weighted by molar-refractivity contribution is 0.660. The molecule has 110 valence electrons. The molecule has 0 amide bonds. The normalized spacial score (nSPS) is 10.9. The maximum Gasteiger partial charge on any atom is 0.226 e. The molecule has 0 aliphatic rings. The van der Waals surface area contributed by atoms with E-state index in [1.165, 1.54) is 0 Å². The topological polar surface area (TPSA) is 67.7 Å². The second-order valence-electron chi connectivity index (χ2n) is 4.65. The van der Waals surface area contributed by atoms with Crippen LogP contribution in [0.4, 0.5) is 11.8 Å². The molecule has 0 bridgehead atoms. The monoisotopic (exact) mass is 302 g/mol. The SMILES string of the molecule is CCNc1nc(NCCCn2ccnc2)c2ccsc2n1. The number of aromatic nitrogens is 4. The van der Waals surface area contributed by atoms with Crippen LogP contribution in [0.5, 0.6) is 0 Å². The number of imidazole rings is 1. The van der Waals surface area contributed by atoms with Gasteiger partial charge in [0.1, 0.15) is 10.6 Å². The average molecular weight is 302 g/mol. The maximum absolute atomic E-state index is 4.55. The van der Waals surface area contributed by atoms with Gasteiger partial charge in [-0.25, -0.2) is 9.97 Å². The molecular weight excluding hydrogens is 284 g/mol. The molecule has 3 heterocycles. The summed E-state index contributed by atoms with van der Waals surface area (Å²) in [5, 5.41) is 9.73. The van der Waals surface area contributed by atoms with Crippen molar-refractivity contribution >= 4 is 33.3 Å². The molecule has 0 aromatic carbocycles. The number of nitrogens with one attached hydrogen (secondary N) is 2. The van der Waals surface area contributed by atoms with Gasteiger partial charge in [-0.3, -0.25) is 0 Å². The van der Waals surface area contributed by atoms with Gasteiger partial charge in [-0.05, 0) is 24.8 Å². The fourth-order valence-electron chi connectivity index (χ4n) is 2.11. The van der Waals surface area contributed by atoms with E-state index in [1.54, 1.807) is 17.5 Å². The van der Waals surface area contributed by atoms with Crippen molar-refractivity contribution in [2.75, 3.05) is 23.7 Å². The Morgan fingerprint density at radius 1 is 1.29 bits per heavy atom. The van der Waals surface area contributed by atoms with Gasteiger partial charge in [-0.15, -0.1) is 11.3 Å². The van der Waals surface area contributed by atoms with Gasteiger partial charge in [-0.2, -0.15) is 4.98 Å². The zero-order valence-electron chi connectivity index (χ0n) is 11.9. The van der Waals surface area contributed by atoms with E-state index >= 15 is 0 Å². The number of fused-ring (bicyclic) bond motifs is 1. The highest BCUT2D eigenvalue weighted by Crippen LogP contribution is 2.26. The first-order chi connectivity index (χ1) is 10.4. The van der Waals surface area contributed by atoms with Gasteiger partial charge in [0.2, 0.25) is 5.95 Å². The van der Waals surface area contributed by atoms with Gasteiger partial charge >= 0.3 is 0 Å². The molecule has 0 radical (unpaired) electrons. The van der Waals surface area contributed by atoms with Crippen LogP contribution in [0.1, 0.15) is 13.3 Å². The molecule has 3 aromatic heterocycles. The van der Waals surface area contributed by atoms with E-state index in [0.717, 1.165) is 42.1 Å². The largest absolute Gasteiger partial charge is 0.369 e. The molecule has 0 atom stereocenters. The van der Waals surface area contributed by atoms with Gasteiger partial charge in [0.05, 0.1) is 11.7 Å². The predicted octanol–water partition coefficient (Wildman–Crippen LogP) is 2.82. The molecule has 2 N–H and O–H groups in total. The lowest BCUT2D eigenvalue weighted by atomic mass is 10.3. The molecule has 0 saturated heterocycles. The van der Waals surface area contributed by atoms with E-state index in [2.05, 4.69) is 36.2 Å². The van der Waals surface area contributed by atoms with E-state index in [1.807, 2.05) is 24.8 Å². The molecule has 0 saturated carbocycles. The van der Waals surface area contributed by atoms with Crippen molar-refractivity contribution < 1.29 is 0 Å². The second-order valence-corrected chi connectivity index (χ2v) is 5.54. The van der Waals surface area contributed by atoms with Crippen molar-refractivity contribution in [1.29, 1.82) is 0 Å². The number of anilines is 2. The van der Waals surface area contributed by atoms with Crippen LogP contribution in [0.25, 0.3) is 10.2 Å². The van der Waals surface area contributed by atoms with Crippen LogP contribution in [0.15, 0.2) is 30.2 Å². The van der Waals surface area contributed by atoms with E-state index in [-0.39, 0.29) is 0 Å². The molecular formula is C14H18N6S. The quantitative estimate of drug-likeness (QED) is 0.657. The highest BCUT2D eigenvalue weighted by Gasteiger charge is 2.07. The van der Waals surface area contributed by atoms with Crippen LogP contribution in [-0.4, -0.2) is 32.6 Å². The van der Waals surface area contributed by atoms with Crippen LogP contribution in [0.2, 0.25) is 0 Å². The molecule has 0 aliphatic heterocycles. The van der Waals surface area contributed by atoms with Gasteiger partial charge in [0.15, 0.2) is 0 Å². The Balaban J connectivity index is 1.66. The lowest BCUT2D eigenvalue weighted by Crippen LogP contribution is -2.09. The van der Waals surface area contributed by atoms with Gasteiger partial charge < -0.3 is 15.2 Å². The second kappa shape index (κ2) is 6.53. The minimum absolute atomic E-state index is 0.685. The highest BCUT2D eigenvalue weighted by molar-refractivity contribution is 7.16. The first-order valence-electron chi connectivity index (χ1n) is 7.05. The molecule has 0 aliphatic carbocycles. The first kappa shape index (κ1) is 13.8. The first-order valence-corrected chi connectivity index (χ1v) is 7.93. The van der Waals surface area contributed by atoms with Crippen molar-refractivity contribution in [1.82, 2.24) is 19.5 Å². The Morgan fingerprint density at radius 2 is 2.24 bits per heavy atom. The molecule has 3 rings (SSSR count). The van der Waals surface area contributed by atoms with E-state index < -0.39 is 0 Å². The Morgan fingerprint density at radius 3 is 3.05 bits per heavy atom. The van der Waals surface area contributed by atoms with Gasteiger partial charge in [-0.1, -0.05) is 0 Å². The van der Waals surface area contributed by atoms with Gasteiger partial charge in [0, 0.05) is 32.0 Å². The number of aryl methyl sites for hydroxylation is 1. The highest BCUT2D eigenvalue weighted by atomic mass is 32.1. The molecule has 7 heteroatoms. The third kappa shape index (κ3) is 3.30. The summed E-state index contributed by atoms with van der Waals surface area (Å²) in [7, 11) is 0. The zero-order chi connectivity index (χ0) is 14.5. The van der Waals surface area contributed by atoms with Crippen LogP contribution in [0, 0.1) is 0 Å². The van der Waals surface area contributed by atoms with Crippen LogP contribution in [0.3, 0.4) is 0 Å². The molecule has 6 nitrogen and oxygen atoms in total. The van der Waals surface area contributed by atoms with Crippen LogP contribution < -0.4 is 10.6 Å². The zero-order valence-corrected chi connectivity index (χ0v) is 12.7. The summed E-state index contributed by atoms with van der Waals surface area (Å²) in [4.78, 5) is 14.1. The van der Waals surface area contributed by atoms with Crippen LogP contribution >= 0.6 is 11.3 Å². The Labute approximate surface area is 127 Å². The number of rotatable bonds is 7. The Kier molecular flexibility index (Phi) is 4.30. The van der Waals surface area contributed by atoms with Crippen molar-refractivity contribution in [3.8, 4) is 0 Å². The minimum atomic E-state index is 0.685. The van der Waals surface area contributed by atoms with Crippen LogP contribution in [-0.2, 0) is 6.54 Å². The fraction of sp³-hybridized carbons (Fsp3) is 0.357. The lowest BCUT2D eigenvalue weighted by Gasteiger charge is -2.09. The third-order valence-corrected chi connectivity index (χ3v) is 3.91. The number of thiophene rings is 1. The number of nitrogens with zero attached hydrogens (tertiary/aromatic N) is 4. The summed E-state index contributed by atoms with van der Waals surface area (Å²) < 4.78 is 2.08. The maximum atomic E-state index is 4.55. The third-order valence-electron chi connectivity index (χ3n) is 3.10. The summed E-state index contributed by atoms with van der Waals surface area (Å²) in [6, 6.07) is 2.06. The number of hydrogen-bond donors (Lipinski definition) is 2. The van der Waals surface area contributed by atoms with Crippen molar-refractivity contribution in [3.05, 3.63) is 30.2 Å². The summed E-state index contributed by atoms with van der Waals surface area (Å²) in [6.45, 7) is 4.67. The molecule has 3 aromatic rings. The summed E-state index contributed by atoms with van der Waals surface area (Å²) >= 11 is 1.64. The van der Waals surface area contributed by atoms with Crippen molar-refractivity contribution in [2.24, 2.45) is 0 Å².